The molecule has 0 amide bonds. The lowest BCUT2D eigenvalue weighted by Gasteiger charge is -2.13. The van der Waals surface area contributed by atoms with Crippen molar-refractivity contribution in [2.45, 2.75) is 38.1 Å². The van der Waals surface area contributed by atoms with Gasteiger partial charge in [0.1, 0.15) is 0 Å². The minimum atomic E-state index is 0.225. The summed E-state index contributed by atoms with van der Waals surface area (Å²) in [4.78, 5) is 17.1. The molecule has 19 heavy (non-hydrogen) atoms. The molecule has 0 bridgehead atoms. The average molecular weight is 255 g/mol. The highest BCUT2D eigenvalue weighted by molar-refractivity contribution is 5.29. The maximum Gasteiger partial charge on any atom is 0.222 e. The van der Waals surface area contributed by atoms with Crippen LogP contribution in [0.1, 0.15) is 36.9 Å². The first-order valence-corrected chi connectivity index (χ1v) is 6.64. The first-order valence-electron chi connectivity index (χ1n) is 6.64. The largest absolute Gasteiger partial charge is 0.351 e. The van der Waals surface area contributed by atoms with Gasteiger partial charge in [0.15, 0.2) is 0 Å². The van der Waals surface area contributed by atoms with E-state index in [0.29, 0.717) is 11.9 Å². The molecule has 1 fully saturated rings. The highest BCUT2D eigenvalue weighted by atomic mass is 15.1. The fourth-order valence-corrected chi connectivity index (χ4v) is 2.06. The summed E-state index contributed by atoms with van der Waals surface area (Å²) in [6, 6.07) is 0.225. The van der Waals surface area contributed by atoms with E-state index >= 15 is 0 Å². The normalized spacial score (nSPS) is 16.1. The van der Waals surface area contributed by atoms with Gasteiger partial charge in [-0.1, -0.05) is 0 Å². The zero-order chi connectivity index (χ0) is 13.1. The van der Waals surface area contributed by atoms with Crippen LogP contribution in [0, 0.1) is 0 Å². The van der Waals surface area contributed by atoms with Crippen molar-refractivity contribution in [1.82, 2.24) is 19.9 Å². The number of anilines is 1. The fraction of sp³-hybridized carbons (Fsp3) is 0.429. The number of nitrogens with zero attached hydrogens (tertiary/aromatic N) is 4. The van der Waals surface area contributed by atoms with Gasteiger partial charge in [-0.25, -0.2) is 9.97 Å². The van der Waals surface area contributed by atoms with Crippen molar-refractivity contribution >= 4 is 5.95 Å². The van der Waals surface area contributed by atoms with E-state index in [2.05, 4.69) is 32.2 Å². The number of hydrogen-bond donors (Lipinski definition) is 1. The molecule has 2 aromatic heterocycles. The molecule has 0 spiro atoms. The summed E-state index contributed by atoms with van der Waals surface area (Å²) in [5, 5.41) is 3.29. The third-order valence-corrected chi connectivity index (χ3v) is 3.23. The molecule has 5 heteroatoms. The Bertz CT molecular complexity index is 521. The van der Waals surface area contributed by atoms with Gasteiger partial charge < -0.3 is 5.32 Å². The van der Waals surface area contributed by atoms with E-state index in [0.717, 1.165) is 12.1 Å². The Balaban J connectivity index is 1.58. The van der Waals surface area contributed by atoms with Crippen molar-refractivity contribution in [1.29, 1.82) is 0 Å². The van der Waals surface area contributed by atoms with E-state index in [1.54, 1.807) is 18.6 Å². The minimum absolute atomic E-state index is 0.225. The molecule has 98 valence electrons. The maximum absolute atomic E-state index is 4.36. The van der Waals surface area contributed by atoms with Crippen LogP contribution in [0.25, 0.3) is 0 Å². The maximum atomic E-state index is 4.36. The van der Waals surface area contributed by atoms with Crippen molar-refractivity contribution in [3.8, 4) is 0 Å². The number of nitrogens with one attached hydrogen (secondary N) is 1. The first-order chi connectivity index (χ1) is 9.31. The van der Waals surface area contributed by atoms with Gasteiger partial charge in [0.05, 0.1) is 5.69 Å². The summed E-state index contributed by atoms with van der Waals surface area (Å²) in [7, 11) is 0. The van der Waals surface area contributed by atoms with Crippen LogP contribution in [0.4, 0.5) is 5.95 Å². The van der Waals surface area contributed by atoms with E-state index in [9.17, 15) is 0 Å². The van der Waals surface area contributed by atoms with Crippen LogP contribution in [0.5, 0.6) is 0 Å². The first kappa shape index (κ1) is 12.0. The zero-order valence-corrected chi connectivity index (χ0v) is 11.0. The van der Waals surface area contributed by atoms with E-state index in [1.807, 2.05) is 12.4 Å². The molecule has 0 saturated heterocycles. The van der Waals surface area contributed by atoms with Gasteiger partial charge in [-0.2, -0.15) is 0 Å². The van der Waals surface area contributed by atoms with Gasteiger partial charge in [-0.3, -0.25) is 9.97 Å². The van der Waals surface area contributed by atoms with E-state index in [-0.39, 0.29) is 6.04 Å². The fourth-order valence-electron chi connectivity index (χ4n) is 2.06. The molecule has 0 aliphatic heterocycles. The SMILES string of the molecule is CC(Cc1cnccn1)Nc1ncc(C2CC2)cn1. The van der Waals surface area contributed by atoms with Gasteiger partial charge >= 0.3 is 0 Å². The molecule has 5 nitrogen and oxygen atoms in total. The standard InChI is InChI=1S/C14H17N5/c1-10(6-13-9-15-4-5-16-13)19-14-17-7-12(8-18-14)11-2-3-11/h4-5,7-11H,2-3,6H2,1H3,(H,17,18,19). The van der Waals surface area contributed by atoms with Gasteiger partial charge in [0, 0.05) is 43.4 Å². The zero-order valence-electron chi connectivity index (χ0n) is 11.0. The van der Waals surface area contributed by atoms with Crippen LogP contribution in [-0.4, -0.2) is 26.0 Å². The number of aromatic nitrogens is 4. The van der Waals surface area contributed by atoms with Gasteiger partial charge in [-0.15, -0.1) is 0 Å². The van der Waals surface area contributed by atoms with E-state index < -0.39 is 0 Å². The van der Waals surface area contributed by atoms with Crippen LogP contribution in [-0.2, 0) is 6.42 Å². The van der Waals surface area contributed by atoms with Crippen molar-refractivity contribution in [2.24, 2.45) is 0 Å². The second-order valence-electron chi connectivity index (χ2n) is 5.06. The summed E-state index contributed by atoms with van der Waals surface area (Å²) in [5.41, 5.74) is 2.23. The van der Waals surface area contributed by atoms with Gasteiger partial charge in [0.25, 0.3) is 0 Å². The van der Waals surface area contributed by atoms with Crippen LogP contribution < -0.4 is 5.32 Å². The van der Waals surface area contributed by atoms with Crippen molar-refractivity contribution in [3.05, 3.63) is 42.2 Å². The molecule has 0 aromatic carbocycles. The van der Waals surface area contributed by atoms with Crippen LogP contribution in [0.3, 0.4) is 0 Å². The smallest absolute Gasteiger partial charge is 0.222 e. The predicted octanol–water partition coefficient (Wildman–Crippen LogP) is 2.19. The Morgan fingerprint density at radius 2 is 1.95 bits per heavy atom. The number of rotatable bonds is 5. The minimum Gasteiger partial charge on any atom is -0.351 e. The second-order valence-corrected chi connectivity index (χ2v) is 5.06. The summed E-state index contributed by atoms with van der Waals surface area (Å²) in [6.07, 6.45) is 12.4. The van der Waals surface area contributed by atoms with Crippen LogP contribution in [0.2, 0.25) is 0 Å². The van der Waals surface area contributed by atoms with Crippen LogP contribution in [0.15, 0.2) is 31.0 Å². The van der Waals surface area contributed by atoms with Crippen LogP contribution >= 0.6 is 0 Å². The van der Waals surface area contributed by atoms with Gasteiger partial charge in [-0.05, 0) is 31.2 Å². The number of hydrogen-bond acceptors (Lipinski definition) is 5. The molecular weight excluding hydrogens is 238 g/mol. The summed E-state index contributed by atoms with van der Waals surface area (Å²) < 4.78 is 0. The predicted molar refractivity (Wildman–Crippen MR) is 72.8 cm³/mol. The van der Waals surface area contributed by atoms with Crippen molar-refractivity contribution in [2.75, 3.05) is 5.32 Å². The third-order valence-electron chi connectivity index (χ3n) is 3.23. The molecular formula is C14H17N5. The molecule has 3 rings (SSSR count). The van der Waals surface area contributed by atoms with Crippen molar-refractivity contribution < 1.29 is 0 Å². The lowest BCUT2D eigenvalue weighted by Crippen LogP contribution is -2.20. The van der Waals surface area contributed by atoms with E-state index in [4.69, 9.17) is 0 Å². The lowest BCUT2D eigenvalue weighted by atomic mass is 10.2. The average Bonchev–Trinajstić information content (AvgIpc) is 3.25. The molecule has 1 atom stereocenters. The Morgan fingerprint density at radius 3 is 2.58 bits per heavy atom. The Hall–Kier alpha value is -2.04. The Kier molecular flexibility index (Phi) is 3.35. The topological polar surface area (TPSA) is 63.6 Å². The van der Waals surface area contributed by atoms with Crippen molar-refractivity contribution in [3.63, 3.8) is 0 Å². The summed E-state index contributed by atoms with van der Waals surface area (Å²) >= 11 is 0. The highest BCUT2D eigenvalue weighted by Gasteiger charge is 2.24. The van der Waals surface area contributed by atoms with Gasteiger partial charge in [0.2, 0.25) is 5.95 Å². The molecule has 2 heterocycles. The summed E-state index contributed by atoms with van der Waals surface area (Å²) in [6.45, 7) is 2.09. The Labute approximate surface area is 112 Å². The second kappa shape index (κ2) is 5.30. The van der Waals surface area contributed by atoms with E-state index in [1.165, 1.54) is 18.4 Å². The molecule has 1 aliphatic carbocycles. The molecule has 1 N–H and O–H groups in total. The molecule has 1 unspecified atom stereocenters. The Morgan fingerprint density at radius 1 is 1.16 bits per heavy atom. The monoisotopic (exact) mass is 255 g/mol. The molecule has 1 aliphatic rings. The molecule has 1 saturated carbocycles. The quantitative estimate of drug-likeness (QED) is 0.887. The molecule has 2 aromatic rings. The lowest BCUT2D eigenvalue weighted by molar-refractivity contribution is 0.753. The molecule has 0 radical (unpaired) electrons. The third kappa shape index (κ3) is 3.24. The highest BCUT2D eigenvalue weighted by Crippen LogP contribution is 2.39. The summed E-state index contributed by atoms with van der Waals surface area (Å²) in [5.74, 6) is 1.38.